The van der Waals surface area contributed by atoms with E-state index in [1.165, 1.54) is 25.1 Å². The number of nitrogens with two attached hydrogens (primary N) is 1. The van der Waals surface area contributed by atoms with E-state index in [-0.39, 0.29) is 0 Å². The molecular weight excluding hydrogens is 196 g/mol. The van der Waals surface area contributed by atoms with Gasteiger partial charge in [-0.25, -0.2) is 0 Å². The van der Waals surface area contributed by atoms with E-state index >= 15 is 0 Å². The van der Waals surface area contributed by atoms with Crippen molar-refractivity contribution in [2.45, 2.75) is 19.9 Å². The lowest BCUT2D eigenvalue weighted by Crippen LogP contribution is -2.41. The average Bonchev–Trinajstić information content (AvgIpc) is 2.31. The van der Waals surface area contributed by atoms with Gasteiger partial charge in [0.15, 0.2) is 0 Å². The monoisotopic (exact) mass is 218 g/mol. The number of likely N-dealkylation sites (tertiary alicyclic amines) is 1. The molecule has 1 saturated heterocycles. The van der Waals surface area contributed by atoms with Gasteiger partial charge in [-0.15, -0.1) is 0 Å². The maximum Gasteiger partial charge on any atom is 0.0233 e. The van der Waals surface area contributed by atoms with Crippen molar-refractivity contribution in [1.29, 1.82) is 0 Å². The molecule has 0 aliphatic carbocycles. The second kappa shape index (κ2) is 5.46. The molecule has 2 N–H and O–H groups in total. The number of hydrogen-bond donors (Lipinski definition) is 1. The standard InChI is InChI=1S/C14H22N2/c1-12-10-16(8-7-14(12)9-15)11-13-5-3-2-4-6-13/h2-6,12,14H,7-11,15H2,1H3/t12-,14?/m1/s1. The van der Waals surface area contributed by atoms with E-state index in [0.717, 1.165) is 24.9 Å². The van der Waals surface area contributed by atoms with Crippen LogP contribution < -0.4 is 5.73 Å². The first kappa shape index (κ1) is 11.6. The Balaban J connectivity index is 1.89. The highest BCUT2D eigenvalue weighted by Gasteiger charge is 2.24. The maximum absolute atomic E-state index is 5.77. The van der Waals surface area contributed by atoms with Gasteiger partial charge >= 0.3 is 0 Å². The summed E-state index contributed by atoms with van der Waals surface area (Å²) in [6.45, 7) is 6.65. The lowest BCUT2D eigenvalue weighted by Gasteiger charge is -2.36. The molecule has 1 aliphatic heterocycles. The highest BCUT2D eigenvalue weighted by Crippen LogP contribution is 2.23. The van der Waals surface area contributed by atoms with Crippen LogP contribution in [-0.4, -0.2) is 24.5 Å². The predicted molar refractivity (Wildman–Crippen MR) is 68.0 cm³/mol. The Kier molecular flexibility index (Phi) is 3.97. The van der Waals surface area contributed by atoms with Crippen LogP contribution in [-0.2, 0) is 6.54 Å². The van der Waals surface area contributed by atoms with Gasteiger partial charge in [-0.2, -0.15) is 0 Å². The summed E-state index contributed by atoms with van der Waals surface area (Å²) in [5.74, 6) is 1.47. The van der Waals surface area contributed by atoms with Crippen molar-refractivity contribution in [3.63, 3.8) is 0 Å². The third-order valence-electron chi connectivity index (χ3n) is 3.72. The summed E-state index contributed by atoms with van der Waals surface area (Å²) < 4.78 is 0. The summed E-state index contributed by atoms with van der Waals surface area (Å²) >= 11 is 0. The van der Waals surface area contributed by atoms with Crippen molar-refractivity contribution in [3.05, 3.63) is 35.9 Å². The second-order valence-electron chi connectivity index (χ2n) is 4.98. The van der Waals surface area contributed by atoms with Crippen molar-refractivity contribution < 1.29 is 0 Å². The minimum absolute atomic E-state index is 0.729. The molecule has 16 heavy (non-hydrogen) atoms. The number of piperidine rings is 1. The topological polar surface area (TPSA) is 29.3 Å². The van der Waals surface area contributed by atoms with E-state index in [0.29, 0.717) is 0 Å². The molecule has 1 heterocycles. The minimum Gasteiger partial charge on any atom is -0.330 e. The van der Waals surface area contributed by atoms with Gasteiger partial charge in [-0.3, -0.25) is 4.90 Å². The van der Waals surface area contributed by atoms with Crippen LogP contribution in [0.4, 0.5) is 0 Å². The quantitative estimate of drug-likeness (QED) is 0.842. The van der Waals surface area contributed by atoms with Crippen LogP contribution in [0.2, 0.25) is 0 Å². The van der Waals surface area contributed by atoms with Gasteiger partial charge < -0.3 is 5.73 Å². The molecular formula is C14H22N2. The van der Waals surface area contributed by atoms with E-state index in [9.17, 15) is 0 Å². The molecule has 0 aromatic heterocycles. The highest BCUT2D eigenvalue weighted by molar-refractivity contribution is 5.14. The van der Waals surface area contributed by atoms with Gasteiger partial charge in [-0.05, 0) is 36.9 Å². The Labute approximate surface area is 98.4 Å². The van der Waals surface area contributed by atoms with E-state index in [1.54, 1.807) is 0 Å². The van der Waals surface area contributed by atoms with Crippen molar-refractivity contribution >= 4 is 0 Å². The third kappa shape index (κ3) is 2.83. The second-order valence-corrected chi connectivity index (χ2v) is 4.98. The first-order chi connectivity index (χ1) is 7.79. The lowest BCUT2D eigenvalue weighted by molar-refractivity contribution is 0.127. The lowest BCUT2D eigenvalue weighted by atomic mass is 9.87. The molecule has 2 atom stereocenters. The molecule has 0 bridgehead atoms. The molecule has 1 aromatic rings. The molecule has 0 radical (unpaired) electrons. The molecule has 0 amide bonds. The van der Waals surface area contributed by atoms with Crippen LogP contribution in [0.25, 0.3) is 0 Å². The molecule has 1 fully saturated rings. The average molecular weight is 218 g/mol. The van der Waals surface area contributed by atoms with E-state index < -0.39 is 0 Å². The Morgan fingerprint density at radius 3 is 2.69 bits per heavy atom. The molecule has 0 saturated carbocycles. The number of benzene rings is 1. The number of hydrogen-bond acceptors (Lipinski definition) is 2. The highest BCUT2D eigenvalue weighted by atomic mass is 15.1. The first-order valence-corrected chi connectivity index (χ1v) is 6.26. The summed E-state index contributed by atoms with van der Waals surface area (Å²) in [7, 11) is 0. The summed E-state index contributed by atoms with van der Waals surface area (Å²) in [5.41, 5.74) is 7.19. The number of rotatable bonds is 3. The molecule has 2 rings (SSSR count). The molecule has 88 valence electrons. The third-order valence-corrected chi connectivity index (χ3v) is 3.72. The molecule has 1 unspecified atom stereocenters. The Hall–Kier alpha value is -0.860. The van der Waals surface area contributed by atoms with Gasteiger partial charge in [0.25, 0.3) is 0 Å². The molecule has 0 spiro atoms. The van der Waals surface area contributed by atoms with Crippen molar-refractivity contribution in [3.8, 4) is 0 Å². The van der Waals surface area contributed by atoms with Crippen LogP contribution in [0.3, 0.4) is 0 Å². The van der Waals surface area contributed by atoms with Gasteiger partial charge in [0.1, 0.15) is 0 Å². The molecule has 2 nitrogen and oxygen atoms in total. The van der Waals surface area contributed by atoms with Gasteiger partial charge in [-0.1, -0.05) is 37.3 Å². The van der Waals surface area contributed by atoms with Gasteiger partial charge in [0.2, 0.25) is 0 Å². The van der Waals surface area contributed by atoms with E-state index in [2.05, 4.69) is 42.2 Å². The summed E-state index contributed by atoms with van der Waals surface area (Å²) in [5, 5.41) is 0. The number of nitrogens with zero attached hydrogens (tertiary/aromatic N) is 1. The summed E-state index contributed by atoms with van der Waals surface area (Å²) in [4.78, 5) is 2.55. The largest absolute Gasteiger partial charge is 0.330 e. The van der Waals surface area contributed by atoms with Gasteiger partial charge in [0, 0.05) is 13.1 Å². The van der Waals surface area contributed by atoms with Crippen molar-refractivity contribution in [2.75, 3.05) is 19.6 Å². The predicted octanol–water partition coefficient (Wildman–Crippen LogP) is 2.10. The fourth-order valence-corrected chi connectivity index (χ4v) is 2.62. The molecule has 1 aromatic carbocycles. The van der Waals surface area contributed by atoms with Crippen molar-refractivity contribution in [2.24, 2.45) is 17.6 Å². The fraction of sp³-hybridized carbons (Fsp3) is 0.571. The zero-order chi connectivity index (χ0) is 11.4. The zero-order valence-corrected chi connectivity index (χ0v) is 10.1. The minimum atomic E-state index is 0.729. The van der Waals surface area contributed by atoms with Crippen LogP contribution in [0.1, 0.15) is 18.9 Å². The first-order valence-electron chi connectivity index (χ1n) is 6.26. The zero-order valence-electron chi connectivity index (χ0n) is 10.1. The van der Waals surface area contributed by atoms with Crippen LogP contribution >= 0.6 is 0 Å². The Morgan fingerprint density at radius 1 is 1.31 bits per heavy atom. The Bertz CT molecular complexity index is 310. The molecule has 1 aliphatic rings. The van der Waals surface area contributed by atoms with E-state index in [4.69, 9.17) is 5.73 Å². The van der Waals surface area contributed by atoms with Gasteiger partial charge in [0.05, 0.1) is 0 Å². The smallest absolute Gasteiger partial charge is 0.0233 e. The van der Waals surface area contributed by atoms with Crippen LogP contribution in [0.15, 0.2) is 30.3 Å². The van der Waals surface area contributed by atoms with Crippen LogP contribution in [0, 0.1) is 11.8 Å². The van der Waals surface area contributed by atoms with Crippen molar-refractivity contribution in [1.82, 2.24) is 4.90 Å². The molecule has 2 heteroatoms. The SMILES string of the molecule is C[C@@H]1CN(Cc2ccccc2)CCC1CN. The summed E-state index contributed by atoms with van der Waals surface area (Å²) in [6.07, 6.45) is 1.25. The maximum atomic E-state index is 5.77. The van der Waals surface area contributed by atoms with E-state index in [1.807, 2.05) is 0 Å². The normalized spacial score (nSPS) is 26.9. The van der Waals surface area contributed by atoms with Crippen LogP contribution in [0.5, 0.6) is 0 Å². The Morgan fingerprint density at radius 2 is 2.06 bits per heavy atom. The summed E-state index contributed by atoms with van der Waals surface area (Å²) in [6, 6.07) is 10.7. The fourth-order valence-electron chi connectivity index (χ4n) is 2.62.